The lowest BCUT2D eigenvalue weighted by Gasteiger charge is -2.40. The number of halogens is 6. The number of unbranched alkanes of at least 4 members (excludes halogenated alkanes) is 1. The summed E-state index contributed by atoms with van der Waals surface area (Å²) in [6, 6.07) is 8.63. The highest BCUT2D eigenvalue weighted by atomic mass is 19.4. The smallest absolute Gasteiger partial charge is 0.430 e. The van der Waals surface area contributed by atoms with E-state index in [1.54, 1.807) is 13.8 Å². The van der Waals surface area contributed by atoms with Gasteiger partial charge in [0.1, 0.15) is 18.2 Å². The zero-order valence-electron chi connectivity index (χ0n) is 27.9. The van der Waals surface area contributed by atoms with Crippen molar-refractivity contribution >= 4 is 6.03 Å². The van der Waals surface area contributed by atoms with Crippen LogP contribution in [-0.4, -0.2) is 54.4 Å². The highest BCUT2D eigenvalue weighted by Crippen LogP contribution is 2.52. The van der Waals surface area contributed by atoms with Crippen LogP contribution in [0.3, 0.4) is 0 Å². The Labute approximate surface area is 277 Å². The zero-order valence-corrected chi connectivity index (χ0v) is 27.9. The predicted molar refractivity (Wildman–Crippen MR) is 168 cm³/mol. The topological polar surface area (TPSA) is 80.3 Å². The van der Waals surface area contributed by atoms with E-state index in [1.807, 2.05) is 38.1 Å². The maximum atomic E-state index is 13.9. The molecule has 1 heterocycles. The minimum atomic E-state index is -5.98. The molecular weight excluding hydrogens is 642 g/mol. The van der Waals surface area contributed by atoms with Crippen LogP contribution >= 0.6 is 0 Å². The Hall–Kier alpha value is -3.19. The molecule has 0 bridgehead atoms. The van der Waals surface area contributed by atoms with Gasteiger partial charge < -0.3 is 29.5 Å². The second-order valence-electron chi connectivity index (χ2n) is 13.1. The van der Waals surface area contributed by atoms with Gasteiger partial charge in [-0.15, -0.1) is 0 Å². The largest absolute Gasteiger partial charge is 0.493 e. The summed E-state index contributed by atoms with van der Waals surface area (Å²) < 4.78 is 101. The molecule has 4 rings (SSSR count). The lowest BCUT2D eigenvalue weighted by atomic mass is 9.79. The monoisotopic (exact) mass is 688 g/mol. The fourth-order valence-corrected chi connectivity index (χ4v) is 6.37. The minimum absolute atomic E-state index is 0.0250. The predicted octanol–water partition coefficient (Wildman–Crippen LogP) is 8.82. The van der Waals surface area contributed by atoms with Crippen molar-refractivity contribution in [2.75, 3.05) is 19.9 Å². The molecule has 0 spiro atoms. The molecule has 268 valence electrons. The molecule has 13 heteroatoms. The lowest BCUT2D eigenvalue weighted by molar-refractivity contribution is -0.376. The molecule has 0 radical (unpaired) electrons. The third kappa shape index (κ3) is 8.33. The molecule has 1 saturated carbocycles. The van der Waals surface area contributed by atoms with Crippen molar-refractivity contribution in [1.82, 2.24) is 10.2 Å². The van der Waals surface area contributed by atoms with Crippen LogP contribution in [-0.2, 0) is 22.5 Å². The minimum Gasteiger partial charge on any atom is -0.493 e. The quantitative estimate of drug-likeness (QED) is 0.163. The second-order valence-corrected chi connectivity index (χ2v) is 13.1. The number of aryl methyl sites for hydroxylation is 1. The molecule has 48 heavy (non-hydrogen) atoms. The number of nitrogens with one attached hydrogen (secondary N) is 1. The third-order valence-corrected chi connectivity index (χ3v) is 8.98. The van der Waals surface area contributed by atoms with E-state index in [4.69, 9.17) is 14.2 Å². The van der Waals surface area contributed by atoms with Gasteiger partial charge >= 0.3 is 18.4 Å². The Bertz CT molecular complexity index is 1360. The number of amides is 2. The first-order chi connectivity index (χ1) is 22.5. The number of carbonyl (C=O) groups is 1. The van der Waals surface area contributed by atoms with E-state index in [2.05, 4.69) is 5.32 Å². The number of aliphatic hydroxyl groups is 1. The molecule has 2 aromatic rings. The Morgan fingerprint density at radius 3 is 2.23 bits per heavy atom. The van der Waals surface area contributed by atoms with E-state index in [0.717, 1.165) is 37.0 Å². The molecular formula is C35H46F6N2O5. The number of hydrogen-bond acceptors (Lipinski definition) is 5. The van der Waals surface area contributed by atoms with Crippen molar-refractivity contribution in [2.24, 2.45) is 0 Å². The highest BCUT2D eigenvalue weighted by molar-refractivity contribution is 5.75. The molecule has 1 aliphatic heterocycles. The first-order valence-electron chi connectivity index (χ1n) is 16.6. The Morgan fingerprint density at radius 2 is 1.67 bits per heavy atom. The molecule has 1 atom stereocenters. The van der Waals surface area contributed by atoms with Gasteiger partial charge in [-0.25, -0.2) is 4.79 Å². The molecule has 2 aliphatic rings. The molecule has 2 aromatic carbocycles. The lowest BCUT2D eigenvalue weighted by Crippen LogP contribution is -2.58. The maximum absolute atomic E-state index is 13.9. The average Bonchev–Trinajstić information content (AvgIpc) is 3.01. The molecule has 2 amide bonds. The fourth-order valence-electron chi connectivity index (χ4n) is 6.37. The summed E-state index contributed by atoms with van der Waals surface area (Å²) >= 11 is 0. The number of rotatable bonds is 13. The van der Waals surface area contributed by atoms with Crippen LogP contribution in [0.15, 0.2) is 36.4 Å². The van der Waals surface area contributed by atoms with E-state index < -0.39 is 29.2 Å². The second kappa shape index (κ2) is 15.1. The number of hydrogen-bond donors (Lipinski definition) is 2. The van der Waals surface area contributed by atoms with Gasteiger partial charge in [0.2, 0.25) is 0 Å². The summed E-state index contributed by atoms with van der Waals surface area (Å²) in [5, 5.41) is 13.1. The molecule has 1 aliphatic carbocycles. The summed E-state index contributed by atoms with van der Waals surface area (Å²) in [7, 11) is 0. The van der Waals surface area contributed by atoms with Crippen LogP contribution in [0.5, 0.6) is 11.5 Å². The van der Waals surface area contributed by atoms with Gasteiger partial charge in [-0.2, -0.15) is 26.3 Å². The standard InChI is InChI=1S/C35H46F6N2O5/c1-5-11-25-20-27(33(45,34(36,37)38)35(39,40)41)21-29(24-12-7-6-8-13-24)30(25)46-19-10-9-18-43-22-47-32(4,42-31(43)44)26-14-16-28(17-15-26)48-23(2)3/h14-17,20-21,23-24,45H,5-13,18-19,22H2,1-4H3,(H,42,44). The third-order valence-electron chi connectivity index (χ3n) is 8.98. The Morgan fingerprint density at radius 1 is 1.02 bits per heavy atom. The molecule has 7 nitrogen and oxygen atoms in total. The van der Waals surface area contributed by atoms with Gasteiger partial charge in [-0.05, 0) is 94.2 Å². The summed E-state index contributed by atoms with van der Waals surface area (Å²) in [5.74, 6) is 0.701. The maximum Gasteiger partial charge on any atom is 0.430 e. The Balaban J connectivity index is 1.44. The number of carbonyl (C=O) groups excluding carboxylic acids is 1. The number of benzene rings is 2. The van der Waals surface area contributed by atoms with E-state index in [0.29, 0.717) is 50.1 Å². The van der Waals surface area contributed by atoms with E-state index in [1.165, 1.54) is 4.90 Å². The fraction of sp³-hybridized carbons (Fsp3) is 0.629. The van der Waals surface area contributed by atoms with Crippen LogP contribution in [0.25, 0.3) is 0 Å². The average molecular weight is 689 g/mol. The van der Waals surface area contributed by atoms with Crippen molar-refractivity contribution < 1.29 is 50.5 Å². The molecule has 2 N–H and O–H groups in total. The first-order valence-corrected chi connectivity index (χ1v) is 16.6. The number of alkyl halides is 6. The van der Waals surface area contributed by atoms with Crippen molar-refractivity contribution in [3.8, 4) is 11.5 Å². The number of ether oxygens (including phenoxy) is 3. The summed E-state index contributed by atoms with van der Waals surface area (Å²) in [4.78, 5) is 14.5. The van der Waals surface area contributed by atoms with Gasteiger partial charge in [-0.1, -0.05) is 44.7 Å². The normalized spacial score (nSPS) is 19.8. The number of nitrogens with zero attached hydrogens (tertiary/aromatic N) is 1. The van der Waals surface area contributed by atoms with E-state index in [9.17, 15) is 36.2 Å². The van der Waals surface area contributed by atoms with Gasteiger partial charge in [0.05, 0.1) is 12.7 Å². The molecule has 0 aromatic heterocycles. The SMILES string of the molecule is CCCc1cc(C(O)(C(F)(F)F)C(F)(F)F)cc(C2CCCCC2)c1OCCCCN1COC(C)(c2ccc(OC(C)C)cc2)NC1=O. The molecule has 2 fully saturated rings. The van der Waals surface area contributed by atoms with Crippen molar-refractivity contribution in [1.29, 1.82) is 0 Å². The highest BCUT2D eigenvalue weighted by Gasteiger charge is 2.71. The first kappa shape index (κ1) is 37.6. The van der Waals surface area contributed by atoms with Crippen LogP contribution < -0.4 is 14.8 Å². The van der Waals surface area contributed by atoms with Crippen molar-refractivity contribution in [3.05, 3.63) is 58.7 Å². The molecule has 1 saturated heterocycles. The van der Waals surface area contributed by atoms with Gasteiger partial charge in [0.15, 0.2) is 5.72 Å². The van der Waals surface area contributed by atoms with Gasteiger partial charge in [-0.3, -0.25) is 0 Å². The van der Waals surface area contributed by atoms with Crippen LogP contribution in [0.4, 0.5) is 31.1 Å². The van der Waals surface area contributed by atoms with E-state index in [-0.39, 0.29) is 48.9 Å². The summed E-state index contributed by atoms with van der Waals surface area (Å²) in [6.07, 6.45) is -6.64. The zero-order chi connectivity index (χ0) is 35.3. The van der Waals surface area contributed by atoms with Crippen molar-refractivity contribution in [2.45, 2.75) is 121 Å². The van der Waals surface area contributed by atoms with Crippen LogP contribution in [0.2, 0.25) is 0 Å². The number of urea groups is 1. The van der Waals surface area contributed by atoms with Gasteiger partial charge in [0, 0.05) is 17.7 Å². The summed E-state index contributed by atoms with van der Waals surface area (Å²) in [6.45, 7) is 7.91. The van der Waals surface area contributed by atoms with E-state index >= 15 is 0 Å². The summed E-state index contributed by atoms with van der Waals surface area (Å²) in [5.41, 5.74) is -6.05. The molecule has 1 unspecified atom stereocenters. The van der Waals surface area contributed by atoms with Crippen LogP contribution in [0, 0.1) is 0 Å². The van der Waals surface area contributed by atoms with Crippen molar-refractivity contribution in [3.63, 3.8) is 0 Å². The van der Waals surface area contributed by atoms with Gasteiger partial charge in [0.25, 0.3) is 5.60 Å². The Kier molecular flexibility index (Phi) is 11.9. The van der Waals surface area contributed by atoms with Crippen LogP contribution in [0.1, 0.15) is 107 Å².